The lowest BCUT2D eigenvalue weighted by atomic mass is 10.1. The Morgan fingerprint density at radius 2 is 1.71 bits per heavy atom. The maximum absolute atomic E-state index is 9.00. The minimum Gasteiger partial charge on any atom is -0.481 e. The third-order valence-electron chi connectivity index (χ3n) is 2.06. The summed E-state index contributed by atoms with van der Waals surface area (Å²) < 4.78 is 0. The predicted molar refractivity (Wildman–Crippen MR) is 68.3 cm³/mol. The first-order valence-corrected chi connectivity index (χ1v) is 5.03. The molecular formula is C13H14N2O2. The topological polar surface area (TPSA) is 87.2 Å². The smallest absolute Gasteiger partial charge is 0.300 e. The fourth-order valence-electron chi connectivity index (χ4n) is 1.36. The van der Waals surface area contributed by atoms with Crippen LogP contribution in [0.2, 0.25) is 0 Å². The van der Waals surface area contributed by atoms with E-state index in [-0.39, 0.29) is 5.84 Å². The van der Waals surface area contributed by atoms with Crippen molar-refractivity contribution < 1.29 is 9.90 Å². The number of nitrogens with one attached hydrogen (secondary N) is 1. The molecule has 88 valence electrons. The zero-order valence-electron chi connectivity index (χ0n) is 9.47. The van der Waals surface area contributed by atoms with Gasteiger partial charge in [-0.1, -0.05) is 36.4 Å². The van der Waals surface area contributed by atoms with Gasteiger partial charge in [-0.05, 0) is 16.8 Å². The summed E-state index contributed by atoms with van der Waals surface area (Å²) in [6.07, 6.45) is 0. The SMILES string of the molecule is CC(=O)O.N=C(N)c1ccc2ccccc2c1. The molecule has 2 rings (SSSR count). The Balaban J connectivity index is 0.000000317. The molecular weight excluding hydrogens is 216 g/mol. The van der Waals surface area contributed by atoms with Crippen molar-refractivity contribution in [1.29, 1.82) is 5.41 Å². The van der Waals surface area contributed by atoms with Gasteiger partial charge in [0.25, 0.3) is 5.97 Å². The third-order valence-corrected chi connectivity index (χ3v) is 2.06. The number of fused-ring (bicyclic) bond motifs is 1. The molecule has 4 N–H and O–H groups in total. The van der Waals surface area contributed by atoms with E-state index in [1.807, 2.05) is 42.5 Å². The Hall–Kier alpha value is -2.36. The Kier molecular flexibility index (Phi) is 4.22. The van der Waals surface area contributed by atoms with Gasteiger partial charge in [0.05, 0.1) is 0 Å². The lowest BCUT2D eigenvalue weighted by molar-refractivity contribution is -0.134. The lowest BCUT2D eigenvalue weighted by Crippen LogP contribution is -2.10. The predicted octanol–water partition coefficient (Wildman–Crippen LogP) is 2.21. The molecule has 2 aromatic rings. The molecule has 0 aliphatic rings. The molecule has 0 fully saturated rings. The minimum absolute atomic E-state index is 0.116. The average molecular weight is 230 g/mol. The molecule has 0 atom stereocenters. The van der Waals surface area contributed by atoms with Gasteiger partial charge in [0.15, 0.2) is 0 Å². The van der Waals surface area contributed by atoms with Crippen LogP contribution in [0.15, 0.2) is 42.5 Å². The first-order valence-electron chi connectivity index (χ1n) is 5.03. The van der Waals surface area contributed by atoms with Crippen LogP contribution in [0.3, 0.4) is 0 Å². The summed E-state index contributed by atoms with van der Waals surface area (Å²) in [5.74, 6) is -0.717. The maximum atomic E-state index is 9.00. The number of carboxylic acids is 1. The summed E-state index contributed by atoms with van der Waals surface area (Å²) in [6.45, 7) is 1.08. The van der Waals surface area contributed by atoms with Crippen molar-refractivity contribution >= 4 is 22.6 Å². The van der Waals surface area contributed by atoms with Crippen LogP contribution < -0.4 is 5.73 Å². The second kappa shape index (κ2) is 5.65. The van der Waals surface area contributed by atoms with Crippen LogP contribution in [0.1, 0.15) is 12.5 Å². The zero-order chi connectivity index (χ0) is 12.8. The molecule has 0 saturated heterocycles. The molecule has 0 aliphatic heterocycles. The summed E-state index contributed by atoms with van der Waals surface area (Å²) in [5.41, 5.74) is 6.16. The molecule has 4 nitrogen and oxygen atoms in total. The molecule has 4 heteroatoms. The van der Waals surface area contributed by atoms with Crippen molar-refractivity contribution in [1.82, 2.24) is 0 Å². The normalized spacial score (nSPS) is 9.24. The molecule has 0 unspecified atom stereocenters. The molecule has 0 spiro atoms. The van der Waals surface area contributed by atoms with E-state index in [4.69, 9.17) is 21.0 Å². The number of hydrogen-bond donors (Lipinski definition) is 3. The highest BCUT2D eigenvalue weighted by Gasteiger charge is 1.97. The molecule has 0 bridgehead atoms. The van der Waals surface area contributed by atoms with Gasteiger partial charge >= 0.3 is 0 Å². The number of nitrogens with two attached hydrogens (primary N) is 1. The number of carboxylic acid groups (broad SMARTS) is 1. The Morgan fingerprint density at radius 1 is 1.18 bits per heavy atom. The van der Waals surface area contributed by atoms with E-state index in [0.29, 0.717) is 0 Å². The number of hydrogen-bond acceptors (Lipinski definition) is 2. The summed E-state index contributed by atoms with van der Waals surface area (Å²) in [7, 11) is 0. The highest BCUT2D eigenvalue weighted by molar-refractivity contribution is 5.99. The van der Waals surface area contributed by atoms with Crippen LogP contribution in [0.4, 0.5) is 0 Å². The third kappa shape index (κ3) is 3.95. The number of carbonyl (C=O) groups is 1. The summed E-state index contributed by atoms with van der Waals surface area (Å²) in [4.78, 5) is 9.00. The molecule has 0 radical (unpaired) electrons. The van der Waals surface area contributed by atoms with Crippen molar-refractivity contribution in [3.8, 4) is 0 Å². The molecule has 0 aromatic heterocycles. The van der Waals surface area contributed by atoms with Crippen molar-refractivity contribution in [2.24, 2.45) is 5.73 Å². The second-order valence-electron chi connectivity index (χ2n) is 3.49. The highest BCUT2D eigenvalue weighted by Crippen LogP contribution is 2.14. The van der Waals surface area contributed by atoms with Gasteiger partial charge in [-0.25, -0.2) is 0 Å². The van der Waals surface area contributed by atoms with Gasteiger partial charge in [0.1, 0.15) is 5.84 Å². The summed E-state index contributed by atoms with van der Waals surface area (Å²) >= 11 is 0. The van der Waals surface area contributed by atoms with E-state index >= 15 is 0 Å². The van der Waals surface area contributed by atoms with Gasteiger partial charge in [-0.2, -0.15) is 0 Å². The number of amidine groups is 1. The van der Waals surface area contributed by atoms with Crippen LogP contribution in [0.25, 0.3) is 10.8 Å². The van der Waals surface area contributed by atoms with Crippen molar-refractivity contribution in [2.75, 3.05) is 0 Å². The Labute approximate surface area is 99.2 Å². The standard InChI is InChI=1S/C11H10N2.C2H4O2/c12-11(13)10-6-5-8-3-1-2-4-9(8)7-10;1-2(3)4/h1-7H,(H3,12,13);1H3,(H,3,4). The molecule has 17 heavy (non-hydrogen) atoms. The van der Waals surface area contributed by atoms with Gasteiger partial charge in [0, 0.05) is 12.5 Å². The zero-order valence-corrected chi connectivity index (χ0v) is 9.47. The fraction of sp³-hybridized carbons (Fsp3) is 0.0769. The van der Waals surface area contributed by atoms with E-state index < -0.39 is 5.97 Å². The van der Waals surface area contributed by atoms with E-state index in [2.05, 4.69) is 0 Å². The van der Waals surface area contributed by atoms with Gasteiger partial charge < -0.3 is 10.8 Å². The lowest BCUT2D eigenvalue weighted by Gasteiger charge is -2.00. The van der Waals surface area contributed by atoms with E-state index in [9.17, 15) is 0 Å². The van der Waals surface area contributed by atoms with Crippen LogP contribution in [-0.2, 0) is 4.79 Å². The first-order chi connectivity index (χ1) is 8.00. The largest absolute Gasteiger partial charge is 0.481 e. The van der Waals surface area contributed by atoms with Crippen molar-refractivity contribution in [3.05, 3.63) is 48.0 Å². The minimum atomic E-state index is -0.833. The monoisotopic (exact) mass is 230 g/mol. The van der Waals surface area contributed by atoms with E-state index in [1.165, 1.54) is 5.39 Å². The van der Waals surface area contributed by atoms with Crippen molar-refractivity contribution in [2.45, 2.75) is 6.92 Å². The fourth-order valence-corrected chi connectivity index (χ4v) is 1.36. The first kappa shape index (κ1) is 12.7. The van der Waals surface area contributed by atoms with Crippen LogP contribution >= 0.6 is 0 Å². The van der Waals surface area contributed by atoms with E-state index in [0.717, 1.165) is 17.9 Å². The molecule has 0 amide bonds. The van der Waals surface area contributed by atoms with Gasteiger partial charge in [-0.15, -0.1) is 0 Å². The Bertz CT molecular complexity index is 546. The quantitative estimate of drug-likeness (QED) is 0.518. The van der Waals surface area contributed by atoms with Crippen molar-refractivity contribution in [3.63, 3.8) is 0 Å². The number of rotatable bonds is 1. The molecule has 0 aliphatic carbocycles. The Morgan fingerprint density at radius 3 is 2.24 bits per heavy atom. The number of benzene rings is 2. The van der Waals surface area contributed by atoms with Crippen LogP contribution in [0.5, 0.6) is 0 Å². The molecule has 2 aromatic carbocycles. The molecule has 0 heterocycles. The van der Waals surface area contributed by atoms with Crippen LogP contribution in [0, 0.1) is 5.41 Å². The summed E-state index contributed by atoms with van der Waals surface area (Å²) in [5, 5.41) is 17.0. The average Bonchev–Trinajstić information content (AvgIpc) is 2.27. The number of nitrogen functional groups attached to an aromatic ring is 1. The number of aliphatic carboxylic acids is 1. The van der Waals surface area contributed by atoms with Crippen LogP contribution in [-0.4, -0.2) is 16.9 Å². The maximum Gasteiger partial charge on any atom is 0.300 e. The van der Waals surface area contributed by atoms with Gasteiger partial charge in [0.2, 0.25) is 0 Å². The second-order valence-corrected chi connectivity index (χ2v) is 3.49. The van der Waals surface area contributed by atoms with Gasteiger partial charge in [-0.3, -0.25) is 10.2 Å². The summed E-state index contributed by atoms with van der Waals surface area (Å²) in [6, 6.07) is 13.8. The van der Waals surface area contributed by atoms with E-state index in [1.54, 1.807) is 0 Å². The molecule has 0 saturated carbocycles. The highest BCUT2D eigenvalue weighted by atomic mass is 16.4.